The summed E-state index contributed by atoms with van der Waals surface area (Å²) in [5.74, 6) is 0. The fourth-order valence-corrected chi connectivity index (χ4v) is 2.45. The van der Waals surface area contributed by atoms with E-state index in [4.69, 9.17) is 5.73 Å². The summed E-state index contributed by atoms with van der Waals surface area (Å²) in [4.78, 5) is 0. The molecular weight excluding hydrogens is 239 g/mol. The van der Waals surface area contributed by atoms with Crippen LogP contribution in [0, 0.1) is 6.92 Å². The Morgan fingerprint density at radius 1 is 1.17 bits per heavy atom. The third kappa shape index (κ3) is 2.52. The highest BCUT2D eigenvalue weighted by molar-refractivity contribution is 5.73. The monoisotopic (exact) mass is 255 g/mol. The lowest BCUT2D eigenvalue weighted by Gasteiger charge is -2.19. The van der Waals surface area contributed by atoms with E-state index in [-0.39, 0.29) is 11.3 Å². The first-order valence-corrected chi connectivity index (χ1v) is 6.06. The van der Waals surface area contributed by atoms with Crippen molar-refractivity contribution in [1.82, 2.24) is 0 Å². The molecule has 0 unspecified atom stereocenters. The molecule has 0 aromatic heterocycles. The largest absolute Gasteiger partial charge is 0.416 e. The molecule has 1 aromatic rings. The van der Waals surface area contributed by atoms with Crippen LogP contribution in [-0.4, -0.2) is 0 Å². The van der Waals surface area contributed by atoms with E-state index in [0.29, 0.717) is 5.56 Å². The lowest BCUT2D eigenvalue weighted by atomic mass is 9.89. The van der Waals surface area contributed by atoms with Gasteiger partial charge in [0.15, 0.2) is 0 Å². The maximum absolute atomic E-state index is 12.9. The lowest BCUT2D eigenvalue weighted by Crippen LogP contribution is -2.10. The Kier molecular flexibility index (Phi) is 3.37. The van der Waals surface area contributed by atoms with Crippen LogP contribution in [0.4, 0.5) is 18.9 Å². The third-order valence-electron chi connectivity index (χ3n) is 3.37. The summed E-state index contributed by atoms with van der Waals surface area (Å²) in [6.07, 6.45) is 1.60. The zero-order valence-electron chi connectivity index (χ0n) is 10.3. The average Bonchev–Trinajstić information content (AvgIpc) is 2.31. The summed E-state index contributed by atoms with van der Waals surface area (Å²) in [5, 5.41) is 0. The summed E-state index contributed by atoms with van der Waals surface area (Å²) in [6, 6.07) is 2.67. The van der Waals surface area contributed by atoms with Gasteiger partial charge in [0.25, 0.3) is 0 Å². The van der Waals surface area contributed by atoms with Crippen LogP contribution in [0.5, 0.6) is 0 Å². The summed E-state index contributed by atoms with van der Waals surface area (Å²) in [5.41, 5.74) is 7.09. The zero-order chi connectivity index (χ0) is 13.3. The topological polar surface area (TPSA) is 26.0 Å². The summed E-state index contributed by atoms with van der Waals surface area (Å²) in [6.45, 7) is 1.52. The number of halogens is 3. The molecule has 18 heavy (non-hydrogen) atoms. The van der Waals surface area contributed by atoms with Gasteiger partial charge in [-0.3, -0.25) is 0 Å². The van der Waals surface area contributed by atoms with Gasteiger partial charge in [-0.2, -0.15) is 13.2 Å². The first kappa shape index (κ1) is 13.0. The van der Waals surface area contributed by atoms with Gasteiger partial charge >= 0.3 is 6.18 Å². The minimum atomic E-state index is -4.34. The fraction of sp³-hybridized carbons (Fsp3) is 0.429. The highest BCUT2D eigenvalue weighted by Crippen LogP contribution is 2.38. The van der Waals surface area contributed by atoms with Crippen molar-refractivity contribution in [2.45, 2.75) is 38.8 Å². The number of benzene rings is 1. The molecule has 0 radical (unpaired) electrons. The number of allylic oxidation sites excluding steroid dienone is 2. The summed E-state index contributed by atoms with van der Waals surface area (Å²) in [7, 11) is 0. The standard InChI is InChI=1S/C14H16F3N/c1-9-12(10-5-3-2-4-6-10)7-11(18)8-13(9)14(15,16)17/h5,7-8H,2-4,6,18H2,1H3. The van der Waals surface area contributed by atoms with Crippen molar-refractivity contribution in [3.05, 3.63) is 34.9 Å². The van der Waals surface area contributed by atoms with Gasteiger partial charge in [0.1, 0.15) is 0 Å². The van der Waals surface area contributed by atoms with E-state index in [1.165, 1.54) is 6.92 Å². The van der Waals surface area contributed by atoms with Gasteiger partial charge in [-0.05, 0) is 61.4 Å². The van der Waals surface area contributed by atoms with Crippen molar-refractivity contribution in [1.29, 1.82) is 0 Å². The van der Waals surface area contributed by atoms with E-state index in [1.807, 2.05) is 6.08 Å². The van der Waals surface area contributed by atoms with Crippen LogP contribution >= 0.6 is 0 Å². The molecule has 4 heteroatoms. The predicted molar refractivity (Wildman–Crippen MR) is 67.0 cm³/mol. The van der Waals surface area contributed by atoms with Crippen molar-refractivity contribution in [2.24, 2.45) is 0 Å². The Hall–Kier alpha value is -1.45. The smallest absolute Gasteiger partial charge is 0.399 e. The number of anilines is 1. The minimum absolute atomic E-state index is 0.175. The lowest BCUT2D eigenvalue weighted by molar-refractivity contribution is -0.138. The summed E-state index contributed by atoms with van der Waals surface area (Å²) < 4.78 is 38.7. The number of rotatable bonds is 1. The highest BCUT2D eigenvalue weighted by atomic mass is 19.4. The number of hydrogen-bond donors (Lipinski definition) is 1. The van der Waals surface area contributed by atoms with Gasteiger partial charge in [-0.15, -0.1) is 0 Å². The van der Waals surface area contributed by atoms with Crippen LogP contribution < -0.4 is 5.73 Å². The molecule has 0 amide bonds. The molecule has 1 nitrogen and oxygen atoms in total. The number of nitrogen functional groups attached to an aromatic ring is 1. The van der Waals surface area contributed by atoms with E-state index in [2.05, 4.69) is 0 Å². The van der Waals surface area contributed by atoms with Crippen LogP contribution in [0.15, 0.2) is 18.2 Å². The van der Waals surface area contributed by atoms with Crippen LogP contribution in [0.25, 0.3) is 5.57 Å². The molecule has 0 spiro atoms. The van der Waals surface area contributed by atoms with Crippen molar-refractivity contribution in [2.75, 3.05) is 5.73 Å². The molecule has 0 bridgehead atoms. The normalized spacial score (nSPS) is 16.6. The van der Waals surface area contributed by atoms with E-state index >= 15 is 0 Å². The van der Waals surface area contributed by atoms with E-state index in [9.17, 15) is 13.2 Å². The van der Waals surface area contributed by atoms with E-state index < -0.39 is 11.7 Å². The molecule has 0 saturated heterocycles. The van der Waals surface area contributed by atoms with Crippen molar-refractivity contribution >= 4 is 11.3 Å². The van der Waals surface area contributed by atoms with Gasteiger partial charge in [0.2, 0.25) is 0 Å². The second-order valence-corrected chi connectivity index (χ2v) is 4.71. The molecule has 0 saturated carbocycles. The molecule has 1 aliphatic carbocycles. The molecule has 1 aromatic carbocycles. The number of nitrogens with two attached hydrogens (primary N) is 1. The van der Waals surface area contributed by atoms with Gasteiger partial charge < -0.3 is 5.73 Å². The molecule has 98 valence electrons. The Morgan fingerprint density at radius 2 is 1.89 bits per heavy atom. The van der Waals surface area contributed by atoms with Crippen molar-refractivity contribution < 1.29 is 13.2 Å². The van der Waals surface area contributed by atoms with Crippen molar-refractivity contribution in [3.8, 4) is 0 Å². The molecule has 0 fully saturated rings. The maximum atomic E-state index is 12.9. The summed E-state index contributed by atoms with van der Waals surface area (Å²) >= 11 is 0. The first-order chi connectivity index (χ1) is 8.39. The van der Waals surface area contributed by atoms with Crippen LogP contribution in [-0.2, 0) is 6.18 Å². The van der Waals surface area contributed by atoms with Crippen molar-refractivity contribution in [3.63, 3.8) is 0 Å². The molecular formula is C14H16F3N. The Balaban J connectivity index is 2.54. The number of hydrogen-bond acceptors (Lipinski definition) is 1. The van der Waals surface area contributed by atoms with Gasteiger partial charge in [0, 0.05) is 5.69 Å². The second-order valence-electron chi connectivity index (χ2n) is 4.71. The Labute approximate surface area is 104 Å². The van der Waals surface area contributed by atoms with Gasteiger partial charge in [-0.25, -0.2) is 0 Å². The third-order valence-corrected chi connectivity index (χ3v) is 3.37. The first-order valence-electron chi connectivity index (χ1n) is 6.06. The second kappa shape index (κ2) is 4.67. The molecule has 0 aliphatic heterocycles. The van der Waals surface area contributed by atoms with Gasteiger partial charge in [-0.1, -0.05) is 6.08 Å². The minimum Gasteiger partial charge on any atom is -0.399 e. The van der Waals surface area contributed by atoms with E-state index in [1.54, 1.807) is 6.07 Å². The Morgan fingerprint density at radius 3 is 2.44 bits per heavy atom. The molecule has 1 aliphatic rings. The SMILES string of the molecule is Cc1c(C2=CCCCC2)cc(N)cc1C(F)(F)F. The fourth-order valence-electron chi connectivity index (χ4n) is 2.45. The quantitative estimate of drug-likeness (QED) is 0.732. The highest BCUT2D eigenvalue weighted by Gasteiger charge is 2.33. The Bertz CT molecular complexity index is 487. The van der Waals surface area contributed by atoms with Crippen LogP contribution in [0.1, 0.15) is 42.4 Å². The molecule has 2 N–H and O–H groups in total. The molecule has 0 atom stereocenters. The van der Waals surface area contributed by atoms with Crippen LogP contribution in [0.2, 0.25) is 0 Å². The predicted octanol–water partition coefficient (Wildman–Crippen LogP) is 4.55. The maximum Gasteiger partial charge on any atom is 0.416 e. The zero-order valence-corrected chi connectivity index (χ0v) is 10.3. The average molecular weight is 255 g/mol. The number of alkyl halides is 3. The van der Waals surface area contributed by atoms with Gasteiger partial charge in [0.05, 0.1) is 5.56 Å². The van der Waals surface area contributed by atoms with E-state index in [0.717, 1.165) is 37.3 Å². The molecule has 2 rings (SSSR count). The molecule has 0 heterocycles. The van der Waals surface area contributed by atoms with Crippen LogP contribution in [0.3, 0.4) is 0 Å².